The smallest absolute Gasteiger partial charge is 0.160 e. The maximum Gasteiger partial charge on any atom is 0.160 e. The third-order valence-corrected chi connectivity index (χ3v) is 10.2. The fraction of sp³-hybridized carbons (Fsp3) is 0. The maximum absolute atomic E-state index is 5.12. The van der Waals surface area contributed by atoms with Gasteiger partial charge in [0, 0.05) is 38.7 Å². The molecule has 3 nitrogen and oxygen atoms in total. The molecule has 0 atom stereocenters. The highest BCUT2D eigenvalue weighted by Gasteiger charge is 2.13. The van der Waals surface area contributed by atoms with E-state index < -0.39 is 0 Å². The first kappa shape index (κ1) is 29.0. The van der Waals surface area contributed by atoms with Gasteiger partial charge in [0.15, 0.2) is 5.82 Å². The van der Waals surface area contributed by atoms with Gasteiger partial charge in [-0.15, -0.1) is 11.3 Å². The molecule has 0 amide bonds. The van der Waals surface area contributed by atoms with Gasteiger partial charge in [-0.2, -0.15) is 0 Å². The van der Waals surface area contributed by atoms with Crippen LogP contribution in [-0.2, 0) is 0 Å². The van der Waals surface area contributed by atoms with Gasteiger partial charge in [0.2, 0.25) is 0 Å². The van der Waals surface area contributed by atoms with E-state index in [1.54, 1.807) is 6.20 Å². The van der Waals surface area contributed by atoms with Gasteiger partial charge >= 0.3 is 0 Å². The van der Waals surface area contributed by atoms with Crippen LogP contribution in [0.15, 0.2) is 176 Å². The van der Waals surface area contributed by atoms with E-state index >= 15 is 0 Å². The first-order valence-corrected chi connectivity index (χ1v) is 17.1. The van der Waals surface area contributed by atoms with Crippen molar-refractivity contribution in [1.82, 2.24) is 15.0 Å². The predicted molar refractivity (Wildman–Crippen MR) is 205 cm³/mol. The van der Waals surface area contributed by atoms with Crippen molar-refractivity contribution in [3.63, 3.8) is 0 Å². The Bertz CT molecular complexity index is 2530. The zero-order valence-electron chi connectivity index (χ0n) is 26.5. The lowest BCUT2D eigenvalue weighted by Crippen LogP contribution is -1.96. The summed E-state index contributed by atoms with van der Waals surface area (Å²) in [6.07, 6.45) is 3.68. The summed E-state index contributed by atoms with van der Waals surface area (Å²) in [6.45, 7) is 0. The second-order valence-electron chi connectivity index (χ2n) is 12.1. The highest BCUT2D eigenvalue weighted by molar-refractivity contribution is 7.22. The number of nitrogens with zero attached hydrogens (tertiary/aromatic N) is 3. The fourth-order valence-electron chi connectivity index (χ4n) is 6.44. The summed E-state index contributed by atoms with van der Waals surface area (Å²) in [5, 5.41) is 3.76. The second kappa shape index (κ2) is 12.4. The molecule has 9 rings (SSSR count). The van der Waals surface area contributed by atoms with Crippen LogP contribution in [0.5, 0.6) is 0 Å². The number of rotatable bonds is 6. The Morgan fingerprint density at radius 3 is 1.73 bits per heavy atom. The van der Waals surface area contributed by atoms with Gasteiger partial charge in [0.05, 0.1) is 11.4 Å². The average molecular weight is 644 g/mol. The fourth-order valence-corrected chi connectivity index (χ4v) is 7.51. The van der Waals surface area contributed by atoms with Gasteiger partial charge in [-0.1, -0.05) is 140 Å². The minimum Gasteiger partial charge on any atom is -0.264 e. The zero-order chi connectivity index (χ0) is 32.6. The molecule has 3 aromatic heterocycles. The SMILES string of the molecule is c1cncc(-c2ccc(-c3nc(-c4ccc(-c5cc6ccccc6s5)cc4)cc(-c4ccc(-c5cccc6ccccc56)cc4)n3)cc2)c1. The first-order valence-electron chi connectivity index (χ1n) is 16.3. The molecule has 9 aromatic rings. The van der Waals surface area contributed by atoms with E-state index in [1.807, 2.05) is 23.6 Å². The normalized spacial score (nSPS) is 11.3. The molecule has 0 radical (unpaired) electrons. The molecule has 0 bridgehead atoms. The number of benzene rings is 6. The van der Waals surface area contributed by atoms with Gasteiger partial charge in [0.25, 0.3) is 0 Å². The Hall–Kier alpha value is -6.23. The molecule has 0 aliphatic rings. The van der Waals surface area contributed by atoms with Crippen LogP contribution < -0.4 is 0 Å². The van der Waals surface area contributed by atoms with Crippen molar-refractivity contribution in [2.75, 3.05) is 0 Å². The van der Waals surface area contributed by atoms with Gasteiger partial charge in [-0.05, 0) is 68.2 Å². The predicted octanol–water partition coefficient (Wildman–Crippen LogP) is 12.2. The summed E-state index contributed by atoms with van der Waals surface area (Å²) in [5.41, 5.74) is 10.6. The van der Waals surface area contributed by atoms with Gasteiger partial charge in [-0.25, -0.2) is 9.97 Å². The monoisotopic (exact) mass is 643 g/mol. The lowest BCUT2D eigenvalue weighted by molar-refractivity contribution is 1.18. The van der Waals surface area contributed by atoms with E-state index in [0.717, 1.165) is 39.2 Å². The van der Waals surface area contributed by atoms with Gasteiger partial charge < -0.3 is 0 Å². The van der Waals surface area contributed by atoms with Crippen molar-refractivity contribution in [2.24, 2.45) is 0 Å². The summed E-state index contributed by atoms with van der Waals surface area (Å²) < 4.78 is 1.30. The Labute approximate surface area is 288 Å². The van der Waals surface area contributed by atoms with Crippen LogP contribution in [0.1, 0.15) is 0 Å². The topological polar surface area (TPSA) is 38.7 Å². The van der Waals surface area contributed by atoms with Crippen LogP contribution in [0.3, 0.4) is 0 Å². The van der Waals surface area contributed by atoms with E-state index in [4.69, 9.17) is 9.97 Å². The largest absolute Gasteiger partial charge is 0.264 e. The zero-order valence-corrected chi connectivity index (χ0v) is 27.3. The summed E-state index contributed by atoms with van der Waals surface area (Å²) >= 11 is 1.82. The summed E-state index contributed by atoms with van der Waals surface area (Å²) in [6, 6.07) is 57.8. The molecule has 0 N–H and O–H groups in total. The summed E-state index contributed by atoms with van der Waals surface area (Å²) in [5.74, 6) is 0.692. The average Bonchev–Trinajstić information content (AvgIpc) is 3.63. The molecule has 3 heterocycles. The van der Waals surface area contributed by atoms with Crippen molar-refractivity contribution in [2.45, 2.75) is 0 Å². The van der Waals surface area contributed by atoms with Crippen molar-refractivity contribution in [3.8, 4) is 66.6 Å². The third-order valence-electron chi connectivity index (χ3n) is 9.04. The summed E-state index contributed by atoms with van der Waals surface area (Å²) in [7, 11) is 0. The molecule has 0 saturated heterocycles. The van der Waals surface area contributed by atoms with E-state index in [9.17, 15) is 0 Å². The van der Waals surface area contributed by atoms with Crippen molar-refractivity contribution in [1.29, 1.82) is 0 Å². The molecule has 49 heavy (non-hydrogen) atoms. The number of fused-ring (bicyclic) bond motifs is 2. The van der Waals surface area contributed by atoms with Crippen molar-refractivity contribution >= 4 is 32.2 Å². The highest BCUT2D eigenvalue weighted by Crippen LogP contribution is 2.36. The molecule has 0 aliphatic heterocycles. The Morgan fingerprint density at radius 1 is 0.408 bits per heavy atom. The summed E-state index contributed by atoms with van der Waals surface area (Å²) in [4.78, 5) is 15.8. The molecule has 0 unspecified atom stereocenters. The molecule has 230 valence electrons. The van der Waals surface area contributed by atoms with Crippen LogP contribution in [0.25, 0.3) is 87.5 Å². The number of aromatic nitrogens is 3. The lowest BCUT2D eigenvalue weighted by atomic mass is 9.97. The van der Waals surface area contributed by atoms with E-state index in [1.165, 1.54) is 42.4 Å². The van der Waals surface area contributed by atoms with Gasteiger partial charge in [0.1, 0.15) is 0 Å². The molecule has 0 aliphatic carbocycles. The van der Waals surface area contributed by atoms with Crippen LogP contribution in [0, 0.1) is 0 Å². The van der Waals surface area contributed by atoms with E-state index in [0.29, 0.717) is 5.82 Å². The molecule has 0 saturated carbocycles. The van der Waals surface area contributed by atoms with Crippen LogP contribution in [0.2, 0.25) is 0 Å². The van der Waals surface area contributed by atoms with Gasteiger partial charge in [-0.3, -0.25) is 4.98 Å². The minimum atomic E-state index is 0.692. The molecular weight excluding hydrogens is 615 g/mol. The highest BCUT2D eigenvalue weighted by atomic mass is 32.1. The van der Waals surface area contributed by atoms with Crippen molar-refractivity contribution in [3.05, 3.63) is 176 Å². The van der Waals surface area contributed by atoms with Crippen LogP contribution in [-0.4, -0.2) is 15.0 Å². The first-order chi connectivity index (χ1) is 24.2. The number of hydrogen-bond acceptors (Lipinski definition) is 4. The van der Waals surface area contributed by atoms with Crippen molar-refractivity contribution < 1.29 is 0 Å². The Balaban J connectivity index is 1.11. The standard InChI is InChI=1S/C45H29N3S/c1-3-11-39-31(7-1)9-5-12-40(39)32-16-18-33(19-17-32)41-28-42(34-20-22-35(23-21-34)44-27-37-8-2-4-13-43(37)49-44)48-45(47-41)36-24-14-30(15-25-36)38-10-6-26-46-29-38/h1-29H. The number of thiophene rings is 1. The van der Waals surface area contributed by atoms with E-state index in [2.05, 4.69) is 163 Å². The third kappa shape index (κ3) is 5.69. The maximum atomic E-state index is 5.12. The quantitative estimate of drug-likeness (QED) is 0.181. The second-order valence-corrected chi connectivity index (χ2v) is 13.2. The van der Waals surface area contributed by atoms with E-state index in [-0.39, 0.29) is 0 Å². The van der Waals surface area contributed by atoms with Crippen LogP contribution in [0.4, 0.5) is 0 Å². The lowest BCUT2D eigenvalue weighted by Gasteiger charge is -2.11. The number of pyridine rings is 1. The Kier molecular flexibility index (Phi) is 7.34. The van der Waals surface area contributed by atoms with Crippen LogP contribution >= 0.6 is 11.3 Å². The Morgan fingerprint density at radius 2 is 1.02 bits per heavy atom. The molecule has 0 fully saturated rings. The molecule has 0 spiro atoms. The number of hydrogen-bond donors (Lipinski definition) is 0. The molecule has 6 aromatic carbocycles. The molecular formula is C45H29N3S. The minimum absolute atomic E-state index is 0.692. The molecule has 4 heteroatoms.